The summed E-state index contributed by atoms with van der Waals surface area (Å²) < 4.78 is 0. The number of carbonyl (C=O) groups is 1. The van der Waals surface area contributed by atoms with E-state index in [0.717, 1.165) is 15.4 Å². The van der Waals surface area contributed by atoms with Gasteiger partial charge in [0.1, 0.15) is 0 Å². The molecule has 0 aliphatic heterocycles. The molecular formula is C12H14N4OS3. The van der Waals surface area contributed by atoms with Gasteiger partial charge in [-0.25, -0.2) is 4.98 Å². The Hall–Kier alpha value is -1.38. The van der Waals surface area contributed by atoms with Crippen molar-refractivity contribution in [2.45, 2.75) is 13.5 Å². The zero-order chi connectivity index (χ0) is 14.5. The van der Waals surface area contributed by atoms with Crippen LogP contribution in [0.2, 0.25) is 0 Å². The Morgan fingerprint density at radius 1 is 1.55 bits per heavy atom. The van der Waals surface area contributed by atoms with E-state index in [1.165, 1.54) is 30.0 Å². The van der Waals surface area contributed by atoms with E-state index in [0.29, 0.717) is 16.8 Å². The van der Waals surface area contributed by atoms with E-state index in [9.17, 15) is 4.79 Å². The second-order valence-electron chi connectivity index (χ2n) is 3.85. The first-order chi connectivity index (χ1) is 9.58. The fourth-order valence-corrected chi connectivity index (χ4v) is 3.31. The molecule has 8 heteroatoms. The van der Waals surface area contributed by atoms with Crippen LogP contribution < -0.4 is 11.1 Å². The van der Waals surface area contributed by atoms with Gasteiger partial charge in [-0.3, -0.25) is 4.79 Å². The predicted octanol–water partition coefficient (Wildman–Crippen LogP) is 2.82. The number of thiophene rings is 1. The summed E-state index contributed by atoms with van der Waals surface area (Å²) in [4.78, 5) is 21.7. The number of nitrogens with two attached hydrogens (primary N) is 1. The van der Waals surface area contributed by atoms with E-state index >= 15 is 0 Å². The van der Waals surface area contributed by atoms with Gasteiger partial charge in [0.05, 0.1) is 17.1 Å². The number of amides is 1. The Labute approximate surface area is 129 Å². The minimum absolute atomic E-state index is 0.0298. The number of aliphatic imine (C=N–C) groups is 1. The lowest BCUT2D eigenvalue weighted by Gasteiger charge is -1.97. The van der Waals surface area contributed by atoms with Gasteiger partial charge in [-0.1, -0.05) is 11.8 Å². The first kappa shape index (κ1) is 15.0. The van der Waals surface area contributed by atoms with Crippen molar-refractivity contribution in [2.24, 2.45) is 10.7 Å². The van der Waals surface area contributed by atoms with Crippen LogP contribution in [0.15, 0.2) is 22.5 Å². The van der Waals surface area contributed by atoms with Crippen LogP contribution in [-0.2, 0) is 11.3 Å². The smallest absolute Gasteiger partial charge is 0.217 e. The number of hydrogen-bond donors (Lipinski definition) is 2. The van der Waals surface area contributed by atoms with Crippen LogP contribution in [-0.4, -0.2) is 22.3 Å². The molecule has 2 aromatic rings. The first-order valence-corrected chi connectivity index (χ1v) is 8.68. The molecule has 0 aromatic carbocycles. The molecular weight excluding hydrogens is 312 g/mol. The molecule has 0 spiro atoms. The van der Waals surface area contributed by atoms with Gasteiger partial charge < -0.3 is 11.1 Å². The van der Waals surface area contributed by atoms with Gasteiger partial charge in [-0.05, 0) is 18.4 Å². The molecule has 5 nitrogen and oxygen atoms in total. The Balaban J connectivity index is 2.10. The third kappa shape index (κ3) is 4.06. The highest BCUT2D eigenvalue weighted by Crippen LogP contribution is 2.31. The summed E-state index contributed by atoms with van der Waals surface area (Å²) in [6, 6.07) is 4.00. The van der Waals surface area contributed by atoms with Crippen LogP contribution in [0.4, 0.5) is 5.13 Å². The number of carbonyl (C=O) groups excluding carboxylic acids is 1. The normalized spacial score (nSPS) is 11.6. The summed E-state index contributed by atoms with van der Waals surface area (Å²) in [6.45, 7) is 2.06. The van der Waals surface area contributed by atoms with Crippen molar-refractivity contribution in [2.75, 3.05) is 6.26 Å². The van der Waals surface area contributed by atoms with Gasteiger partial charge in [-0.2, -0.15) is 4.99 Å². The van der Waals surface area contributed by atoms with Crippen LogP contribution in [0.3, 0.4) is 0 Å². The van der Waals surface area contributed by atoms with Crippen LogP contribution in [0, 0.1) is 0 Å². The van der Waals surface area contributed by atoms with E-state index in [4.69, 9.17) is 5.73 Å². The fourth-order valence-electron chi connectivity index (χ4n) is 1.39. The Morgan fingerprint density at radius 3 is 3.05 bits per heavy atom. The molecule has 3 N–H and O–H groups in total. The van der Waals surface area contributed by atoms with Crippen molar-refractivity contribution < 1.29 is 4.79 Å². The average molecular weight is 326 g/mol. The van der Waals surface area contributed by atoms with Gasteiger partial charge in [-0.15, -0.1) is 22.7 Å². The standard InChI is InChI=1S/C12H14N4OS3/c1-7(17)14-5-8-3-4-10(20-8)9-6-19-12(15-9)16-11(13)18-2/h3-4,6H,5H2,1-2H3,(H,14,17)(H2,13,15,16). The maximum absolute atomic E-state index is 10.9. The molecule has 20 heavy (non-hydrogen) atoms. The lowest BCUT2D eigenvalue weighted by atomic mass is 10.3. The molecule has 2 rings (SSSR count). The van der Waals surface area contributed by atoms with Crippen molar-refractivity contribution in [1.82, 2.24) is 10.3 Å². The van der Waals surface area contributed by atoms with Gasteiger partial charge >= 0.3 is 0 Å². The van der Waals surface area contributed by atoms with E-state index in [1.54, 1.807) is 11.3 Å². The molecule has 0 aliphatic rings. The van der Waals surface area contributed by atoms with Crippen molar-refractivity contribution in [3.63, 3.8) is 0 Å². The number of nitrogens with zero attached hydrogens (tertiary/aromatic N) is 2. The SMILES string of the molecule is CSC(N)=Nc1nc(-c2ccc(CNC(C)=O)s2)cs1. The third-order valence-corrected chi connectivity index (χ3v) is 4.68. The zero-order valence-corrected chi connectivity index (χ0v) is 13.5. The summed E-state index contributed by atoms with van der Waals surface area (Å²) in [5.74, 6) is -0.0298. The van der Waals surface area contributed by atoms with Crippen molar-refractivity contribution in [3.8, 4) is 10.6 Å². The van der Waals surface area contributed by atoms with Crippen molar-refractivity contribution in [3.05, 3.63) is 22.4 Å². The minimum Gasteiger partial charge on any atom is -0.378 e. The van der Waals surface area contributed by atoms with Gasteiger partial charge in [0, 0.05) is 17.2 Å². The fraction of sp³-hybridized carbons (Fsp3) is 0.250. The highest BCUT2D eigenvalue weighted by molar-refractivity contribution is 8.13. The highest BCUT2D eigenvalue weighted by atomic mass is 32.2. The van der Waals surface area contributed by atoms with Crippen LogP contribution in [0.25, 0.3) is 10.6 Å². The summed E-state index contributed by atoms with van der Waals surface area (Å²) in [6.07, 6.45) is 1.88. The monoisotopic (exact) mass is 326 g/mol. The number of hydrogen-bond acceptors (Lipinski definition) is 6. The zero-order valence-electron chi connectivity index (χ0n) is 11.0. The number of thioether (sulfide) groups is 1. The largest absolute Gasteiger partial charge is 0.378 e. The van der Waals surface area contributed by atoms with Gasteiger partial charge in [0.25, 0.3) is 0 Å². The lowest BCUT2D eigenvalue weighted by Crippen LogP contribution is -2.17. The molecule has 106 valence electrons. The minimum atomic E-state index is -0.0298. The second kappa shape index (κ2) is 6.87. The lowest BCUT2D eigenvalue weighted by molar-refractivity contribution is -0.119. The van der Waals surface area contributed by atoms with Gasteiger partial charge in [0.2, 0.25) is 11.0 Å². The molecule has 0 atom stereocenters. The number of rotatable bonds is 4. The Morgan fingerprint density at radius 2 is 2.35 bits per heavy atom. The number of amidine groups is 1. The molecule has 0 saturated carbocycles. The van der Waals surface area contributed by atoms with Crippen molar-refractivity contribution >= 4 is 50.6 Å². The summed E-state index contributed by atoms with van der Waals surface area (Å²) in [7, 11) is 0. The predicted molar refractivity (Wildman–Crippen MR) is 87.7 cm³/mol. The molecule has 1 amide bonds. The number of aromatic nitrogens is 1. The second-order valence-corrected chi connectivity index (χ2v) is 6.68. The summed E-state index contributed by atoms with van der Waals surface area (Å²) in [5, 5.41) is 5.90. The molecule has 0 radical (unpaired) electrons. The summed E-state index contributed by atoms with van der Waals surface area (Å²) >= 11 is 4.47. The molecule has 0 saturated heterocycles. The van der Waals surface area contributed by atoms with Crippen LogP contribution in [0.1, 0.15) is 11.8 Å². The van der Waals surface area contributed by atoms with Crippen molar-refractivity contribution in [1.29, 1.82) is 0 Å². The van der Waals surface area contributed by atoms with E-state index in [1.807, 2.05) is 23.8 Å². The maximum Gasteiger partial charge on any atom is 0.217 e. The Bertz CT molecular complexity index is 632. The molecule has 0 bridgehead atoms. The van der Waals surface area contributed by atoms with Crippen LogP contribution in [0.5, 0.6) is 0 Å². The van der Waals surface area contributed by atoms with E-state index < -0.39 is 0 Å². The molecule has 0 unspecified atom stereocenters. The van der Waals surface area contributed by atoms with E-state index in [-0.39, 0.29) is 5.91 Å². The van der Waals surface area contributed by atoms with Crippen LogP contribution >= 0.6 is 34.4 Å². The average Bonchev–Trinajstić information content (AvgIpc) is 3.04. The quantitative estimate of drug-likeness (QED) is 0.669. The number of nitrogens with one attached hydrogen (secondary N) is 1. The topological polar surface area (TPSA) is 80.4 Å². The molecule has 2 heterocycles. The number of thiazole rings is 1. The van der Waals surface area contributed by atoms with Gasteiger partial charge in [0.15, 0.2) is 5.17 Å². The van der Waals surface area contributed by atoms with E-state index in [2.05, 4.69) is 15.3 Å². The Kier molecular flexibility index (Phi) is 5.16. The summed E-state index contributed by atoms with van der Waals surface area (Å²) in [5.41, 5.74) is 6.56. The first-order valence-electron chi connectivity index (χ1n) is 5.75. The highest BCUT2D eigenvalue weighted by Gasteiger charge is 2.08. The molecule has 0 fully saturated rings. The maximum atomic E-state index is 10.9. The third-order valence-electron chi connectivity index (χ3n) is 2.33. The molecule has 2 aromatic heterocycles. The molecule has 0 aliphatic carbocycles.